The van der Waals surface area contributed by atoms with Crippen molar-refractivity contribution in [2.45, 2.75) is 51.9 Å². The summed E-state index contributed by atoms with van der Waals surface area (Å²) in [5.74, 6) is -0.417. The number of nitrogens with zero attached hydrogens (tertiary/aromatic N) is 3. The molecule has 5 nitrogen and oxygen atoms in total. The minimum absolute atomic E-state index is 0.0558. The zero-order chi connectivity index (χ0) is 19.4. The molecular formula is C21H25N3O2. The zero-order valence-corrected chi connectivity index (χ0v) is 16.0. The van der Waals surface area contributed by atoms with E-state index >= 15 is 0 Å². The van der Waals surface area contributed by atoms with Crippen molar-refractivity contribution in [1.82, 2.24) is 9.97 Å². The number of carbonyl (C=O) groups is 1. The summed E-state index contributed by atoms with van der Waals surface area (Å²) in [5, 5.41) is 8.99. The number of pyridine rings is 2. The van der Waals surface area contributed by atoms with E-state index in [9.17, 15) is 4.79 Å². The van der Waals surface area contributed by atoms with Crippen LogP contribution in [0.3, 0.4) is 0 Å². The number of carbonyl (C=O) groups excluding carboxylic acids is 1. The van der Waals surface area contributed by atoms with Crippen LogP contribution in [-0.4, -0.2) is 22.5 Å². The lowest BCUT2D eigenvalue weighted by Crippen LogP contribution is -2.22. The van der Waals surface area contributed by atoms with Crippen LogP contribution in [0.1, 0.15) is 68.3 Å². The molecule has 0 saturated carbocycles. The van der Waals surface area contributed by atoms with Gasteiger partial charge in [-0.3, -0.25) is 0 Å². The average molecular weight is 351 g/mol. The van der Waals surface area contributed by atoms with Gasteiger partial charge in [0, 0.05) is 12.4 Å². The smallest absolute Gasteiger partial charge is 0.356 e. The molecule has 0 aliphatic rings. The average Bonchev–Trinajstić information content (AvgIpc) is 2.61. The lowest BCUT2D eigenvalue weighted by Gasteiger charge is -2.25. The van der Waals surface area contributed by atoms with E-state index in [-0.39, 0.29) is 17.4 Å². The third kappa shape index (κ3) is 4.89. The van der Waals surface area contributed by atoms with Crippen molar-refractivity contribution in [3.8, 4) is 6.07 Å². The van der Waals surface area contributed by atoms with E-state index in [0.717, 1.165) is 11.1 Å². The quantitative estimate of drug-likeness (QED) is 0.756. The largest absolute Gasteiger partial charge is 0.461 e. The highest BCUT2D eigenvalue weighted by atomic mass is 16.5. The van der Waals surface area contributed by atoms with Gasteiger partial charge in [-0.25, -0.2) is 14.8 Å². The van der Waals surface area contributed by atoms with Crippen LogP contribution in [0, 0.1) is 11.3 Å². The molecule has 2 rings (SSSR count). The molecule has 0 saturated heterocycles. The molecule has 0 spiro atoms. The Morgan fingerprint density at radius 1 is 1.08 bits per heavy atom. The number of hydrogen-bond donors (Lipinski definition) is 0. The molecule has 0 aliphatic heterocycles. The number of esters is 1. The lowest BCUT2D eigenvalue weighted by atomic mass is 9.82. The lowest BCUT2D eigenvalue weighted by molar-refractivity contribution is 0.0473. The van der Waals surface area contributed by atoms with Crippen molar-refractivity contribution in [2.24, 2.45) is 0 Å². The Kier molecular flexibility index (Phi) is 5.76. The maximum atomic E-state index is 12.3. The number of hydrogen-bond acceptors (Lipinski definition) is 5. The Bertz CT molecular complexity index is 830. The first kappa shape index (κ1) is 19.6. The summed E-state index contributed by atoms with van der Waals surface area (Å²) in [6.07, 6.45) is 3.90. The van der Waals surface area contributed by atoms with Crippen LogP contribution >= 0.6 is 0 Å². The summed E-state index contributed by atoms with van der Waals surface area (Å²) in [7, 11) is 0. The van der Waals surface area contributed by atoms with E-state index in [2.05, 4.69) is 44.6 Å². The van der Waals surface area contributed by atoms with Crippen LogP contribution in [-0.2, 0) is 15.6 Å². The van der Waals surface area contributed by atoms with Gasteiger partial charge in [-0.2, -0.15) is 5.26 Å². The van der Waals surface area contributed by atoms with Crippen LogP contribution in [0.2, 0.25) is 0 Å². The first-order chi connectivity index (χ1) is 12.1. The summed E-state index contributed by atoms with van der Waals surface area (Å²) in [4.78, 5) is 20.4. The number of nitriles is 1. The van der Waals surface area contributed by atoms with Crippen LogP contribution in [0.4, 0.5) is 0 Å². The highest BCUT2D eigenvalue weighted by Gasteiger charge is 2.23. The first-order valence-corrected chi connectivity index (χ1v) is 8.64. The van der Waals surface area contributed by atoms with Crippen LogP contribution in [0.15, 0.2) is 36.7 Å². The summed E-state index contributed by atoms with van der Waals surface area (Å²) in [5.41, 5.74) is 2.45. The predicted molar refractivity (Wildman–Crippen MR) is 99.8 cm³/mol. The Balaban J connectivity index is 2.00. The molecule has 2 aromatic heterocycles. The fraction of sp³-hybridized carbons (Fsp3) is 0.429. The minimum Gasteiger partial charge on any atom is -0.461 e. The normalized spacial score (nSPS) is 11.7. The fourth-order valence-electron chi connectivity index (χ4n) is 2.54. The molecule has 2 aromatic rings. The number of aromatic nitrogens is 2. The van der Waals surface area contributed by atoms with Gasteiger partial charge in [-0.05, 0) is 52.6 Å². The van der Waals surface area contributed by atoms with Crippen molar-refractivity contribution in [2.75, 3.05) is 6.61 Å². The van der Waals surface area contributed by atoms with E-state index in [0.29, 0.717) is 17.8 Å². The Morgan fingerprint density at radius 2 is 1.73 bits per heavy atom. The van der Waals surface area contributed by atoms with Gasteiger partial charge in [0.25, 0.3) is 0 Å². The molecular weight excluding hydrogens is 326 g/mol. The molecule has 136 valence electrons. The second kappa shape index (κ2) is 7.65. The number of ether oxygens (including phenoxy) is 1. The molecule has 26 heavy (non-hydrogen) atoms. The predicted octanol–water partition coefficient (Wildman–Crippen LogP) is 4.17. The van der Waals surface area contributed by atoms with Crippen molar-refractivity contribution >= 4 is 5.97 Å². The zero-order valence-electron chi connectivity index (χ0n) is 16.0. The Hall–Kier alpha value is -2.74. The molecule has 2 heterocycles. The Labute approximate surface area is 155 Å². The van der Waals surface area contributed by atoms with Gasteiger partial charge in [-0.1, -0.05) is 34.6 Å². The van der Waals surface area contributed by atoms with Crippen molar-refractivity contribution < 1.29 is 9.53 Å². The monoisotopic (exact) mass is 351 g/mol. The molecule has 0 bridgehead atoms. The molecule has 5 heteroatoms. The minimum atomic E-state index is -0.417. The molecule has 0 radical (unpaired) electrons. The van der Waals surface area contributed by atoms with E-state index in [1.807, 2.05) is 18.2 Å². The highest BCUT2D eigenvalue weighted by Crippen LogP contribution is 2.27. The van der Waals surface area contributed by atoms with Crippen molar-refractivity contribution in [3.63, 3.8) is 0 Å². The van der Waals surface area contributed by atoms with Crippen molar-refractivity contribution in [3.05, 3.63) is 59.2 Å². The molecule has 0 unspecified atom stereocenters. The summed E-state index contributed by atoms with van der Waals surface area (Å²) >= 11 is 0. The van der Waals surface area contributed by atoms with Gasteiger partial charge < -0.3 is 4.74 Å². The molecule has 0 N–H and O–H groups in total. The topological polar surface area (TPSA) is 75.9 Å². The van der Waals surface area contributed by atoms with E-state index < -0.39 is 5.97 Å². The number of rotatable bonds is 5. The highest BCUT2D eigenvalue weighted by molar-refractivity contribution is 5.87. The van der Waals surface area contributed by atoms with Gasteiger partial charge in [-0.15, -0.1) is 0 Å². The van der Waals surface area contributed by atoms with Gasteiger partial charge >= 0.3 is 5.97 Å². The first-order valence-electron chi connectivity index (χ1n) is 8.64. The molecule has 0 aliphatic carbocycles. The second-order valence-electron chi connectivity index (χ2n) is 7.99. The van der Waals surface area contributed by atoms with Crippen LogP contribution in [0.25, 0.3) is 0 Å². The maximum absolute atomic E-state index is 12.3. The van der Waals surface area contributed by atoms with Gasteiger partial charge in [0.15, 0.2) is 0 Å². The third-order valence-corrected chi connectivity index (χ3v) is 4.45. The van der Waals surface area contributed by atoms with Gasteiger partial charge in [0.05, 0.1) is 6.61 Å². The van der Waals surface area contributed by atoms with Crippen LogP contribution < -0.4 is 0 Å². The van der Waals surface area contributed by atoms with Crippen molar-refractivity contribution in [1.29, 1.82) is 5.26 Å². The van der Waals surface area contributed by atoms with Crippen LogP contribution in [0.5, 0.6) is 0 Å². The van der Waals surface area contributed by atoms with Gasteiger partial charge in [0.1, 0.15) is 17.5 Å². The van der Waals surface area contributed by atoms with E-state index in [1.54, 1.807) is 24.5 Å². The third-order valence-electron chi connectivity index (χ3n) is 4.45. The molecule has 0 aromatic carbocycles. The molecule has 0 amide bonds. The summed E-state index contributed by atoms with van der Waals surface area (Å²) < 4.78 is 5.43. The fourth-order valence-corrected chi connectivity index (χ4v) is 2.54. The molecule has 0 atom stereocenters. The maximum Gasteiger partial charge on any atom is 0.356 e. The summed E-state index contributed by atoms with van der Waals surface area (Å²) in [6, 6.07) is 9.41. The SMILES string of the molecule is CC(C)(C)c1ccnc(C(=O)OCCC(C)(C)c2ccnc(C#N)c2)c1. The van der Waals surface area contributed by atoms with Gasteiger partial charge in [0.2, 0.25) is 0 Å². The second-order valence-corrected chi connectivity index (χ2v) is 7.99. The summed E-state index contributed by atoms with van der Waals surface area (Å²) in [6.45, 7) is 10.6. The van der Waals surface area contributed by atoms with E-state index in [4.69, 9.17) is 10.00 Å². The standard InChI is InChI=1S/C21H25N3O2/c1-20(2,3)15-6-10-24-18(13-15)19(25)26-11-8-21(4,5)16-7-9-23-17(12-16)14-22/h6-7,9-10,12-13H,8,11H2,1-5H3. The molecule has 0 fully saturated rings. The Morgan fingerprint density at radius 3 is 2.38 bits per heavy atom. The van der Waals surface area contributed by atoms with E-state index in [1.165, 1.54) is 0 Å².